The molecule has 96 valence electrons. The summed E-state index contributed by atoms with van der Waals surface area (Å²) in [4.78, 5) is 8.56. The van der Waals surface area contributed by atoms with Gasteiger partial charge in [-0.05, 0) is 27.2 Å². The molecule has 0 bridgehead atoms. The number of nitrogens with one attached hydrogen (secondary N) is 1. The molecule has 1 heterocycles. The van der Waals surface area contributed by atoms with Gasteiger partial charge in [0.05, 0.1) is 6.61 Å². The first kappa shape index (κ1) is 13.7. The van der Waals surface area contributed by atoms with Crippen molar-refractivity contribution in [3.8, 4) is 5.88 Å². The van der Waals surface area contributed by atoms with Gasteiger partial charge < -0.3 is 15.8 Å². The molecule has 5 nitrogen and oxygen atoms in total. The molecule has 0 saturated carbocycles. The van der Waals surface area contributed by atoms with E-state index in [1.54, 1.807) is 0 Å². The molecule has 1 rings (SSSR count). The van der Waals surface area contributed by atoms with Crippen LogP contribution in [0.25, 0.3) is 0 Å². The third kappa shape index (κ3) is 5.49. The fraction of sp³-hybridized carbons (Fsp3) is 0.667. The molecular formula is C12H22N4O. The third-order valence-corrected chi connectivity index (χ3v) is 1.99. The zero-order valence-corrected chi connectivity index (χ0v) is 11.1. The van der Waals surface area contributed by atoms with E-state index in [-0.39, 0.29) is 5.54 Å². The maximum absolute atomic E-state index is 5.89. The predicted molar refractivity (Wildman–Crippen MR) is 69.3 cm³/mol. The molecule has 0 aliphatic carbocycles. The average molecular weight is 238 g/mol. The van der Waals surface area contributed by atoms with Gasteiger partial charge in [-0.15, -0.1) is 0 Å². The minimum Gasteiger partial charge on any atom is -0.478 e. The largest absolute Gasteiger partial charge is 0.478 e. The van der Waals surface area contributed by atoms with Gasteiger partial charge in [-0.1, -0.05) is 6.92 Å². The summed E-state index contributed by atoms with van der Waals surface area (Å²) in [6.45, 7) is 9.15. The van der Waals surface area contributed by atoms with Crippen LogP contribution in [0.5, 0.6) is 5.88 Å². The number of hydrogen-bond donors (Lipinski definition) is 2. The van der Waals surface area contributed by atoms with Gasteiger partial charge in [0, 0.05) is 23.8 Å². The molecule has 0 aliphatic heterocycles. The van der Waals surface area contributed by atoms with Crippen molar-refractivity contribution in [2.45, 2.75) is 39.7 Å². The second-order valence-electron chi connectivity index (χ2n) is 4.86. The molecule has 1 aromatic rings. The highest BCUT2D eigenvalue weighted by Gasteiger charge is 2.11. The van der Waals surface area contributed by atoms with Gasteiger partial charge >= 0.3 is 0 Å². The summed E-state index contributed by atoms with van der Waals surface area (Å²) in [7, 11) is 0. The Labute approximate surface area is 103 Å². The Morgan fingerprint density at radius 3 is 2.71 bits per heavy atom. The SMILES string of the molecule is CCCOc1cc(C)nc(NCC(C)(C)N)n1. The Kier molecular flexibility index (Phi) is 4.69. The number of hydrogen-bond acceptors (Lipinski definition) is 5. The molecule has 17 heavy (non-hydrogen) atoms. The van der Waals surface area contributed by atoms with Crippen LogP contribution in [0.2, 0.25) is 0 Å². The van der Waals surface area contributed by atoms with E-state index in [9.17, 15) is 0 Å². The van der Waals surface area contributed by atoms with Gasteiger partial charge in [0.25, 0.3) is 0 Å². The second-order valence-corrected chi connectivity index (χ2v) is 4.86. The Balaban J connectivity index is 2.68. The average Bonchev–Trinajstić information content (AvgIpc) is 2.22. The first-order chi connectivity index (χ1) is 7.90. The van der Waals surface area contributed by atoms with Gasteiger partial charge in [0.1, 0.15) is 0 Å². The summed E-state index contributed by atoms with van der Waals surface area (Å²) >= 11 is 0. The summed E-state index contributed by atoms with van der Waals surface area (Å²) in [5.41, 5.74) is 6.47. The van der Waals surface area contributed by atoms with Crippen LogP contribution in [-0.4, -0.2) is 28.7 Å². The van der Waals surface area contributed by atoms with Crippen LogP contribution in [0, 0.1) is 6.92 Å². The van der Waals surface area contributed by atoms with Crippen LogP contribution in [0.1, 0.15) is 32.9 Å². The first-order valence-corrected chi connectivity index (χ1v) is 5.92. The molecule has 0 radical (unpaired) electrons. The van der Waals surface area contributed by atoms with Crippen molar-refractivity contribution in [1.82, 2.24) is 9.97 Å². The lowest BCUT2D eigenvalue weighted by atomic mass is 10.1. The van der Waals surface area contributed by atoms with E-state index in [4.69, 9.17) is 10.5 Å². The number of anilines is 1. The van der Waals surface area contributed by atoms with Crippen LogP contribution < -0.4 is 15.8 Å². The Hall–Kier alpha value is -1.36. The van der Waals surface area contributed by atoms with E-state index < -0.39 is 0 Å². The van der Waals surface area contributed by atoms with Crippen molar-refractivity contribution in [1.29, 1.82) is 0 Å². The number of rotatable bonds is 6. The van der Waals surface area contributed by atoms with Crippen molar-refractivity contribution in [2.24, 2.45) is 5.73 Å². The predicted octanol–water partition coefficient (Wildman–Crippen LogP) is 1.72. The minimum absolute atomic E-state index is 0.294. The molecule has 0 unspecified atom stereocenters. The molecule has 0 aromatic carbocycles. The van der Waals surface area contributed by atoms with Gasteiger partial charge in [-0.2, -0.15) is 4.98 Å². The lowest BCUT2D eigenvalue weighted by molar-refractivity contribution is 0.305. The van der Waals surface area contributed by atoms with Crippen LogP contribution in [-0.2, 0) is 0 Å². The molecule has 3 N–H and O–H groups in total. The number of aryl methyl sites for hydroxylation is 1. The fourth-order valence-electron chi connectivity index (χ4n) is 1.21. The molecule has 0 amide bonds. The Morgan fingerprint density at radius 1 is 1.41 bits per heavy atom. The van der Waals surface area contributed by atoms with Crippen molar-refractivity contribution in [3.63, 3.8) is 0 Å². The molecule has 1 aromatic heterocycles. The summed E-state index contributed by atoms with van der Waals surface area (Å²) in [5.74, 6) is 1.17. The molecule has 0 spiro atoms. The highest BCUT2D eigenvalue weighted by Crippen LogP contribution is 2.12. The van der Waals surface area contributed by atoms with Crippen LogP contribution in [0.15, 0.2) is 6.07 Å². The number of nitrogens with zero attached hydrogens (tertiary/aromatic N) is 2. The monoisotopic (exact) mass is 238 g/mol. The summed E-state index contributed by atoms with van der Waals surface area (Å²) in [6.07, 6.45) is 0.960. The lowest BCUT2D eigenvalue weighted by Gasteiger charge is -2.19. The van der Waals surface area contributed by atoms with Crippen LogP contribution in [0.3, 0.4) is 0 Å². The van der Waals surface area contributed by atoms with Crippen molar-refractivity contribution in [2.75, 3.05) is 18.5 Å². The smallest absolute Gasteiger partial charge is 0.226 e. The Morgan fingerprint density at radius 2 is 2.12 bits per heavy atom. The molecule has 0 saturated heterocycles. The number of aromatic nitrogens is 2. The first-order valence-electron chi connectivity index (χ1n) is 5.92. The zero-order valence-electron chi connectivity index (χ0n) is 11.1. The highest BCUT2D eigenvalue weighted by molar-refractivity contribution is 5.31. The molecule has 0 aliphatic rings. The van der Waals surface area contributed by atoms with Gasteiger partial charge in [0.2, 0.25) is 11.8 Å². The summed E-state index contributed by atoms with van der Waals surface area (Å²) in [5, 5.41) is 3.12. The standard InChI is InChI=1S/C12H22N4O/c1-5-6-17-10-7-9(2)15-11(16-10)14-8-12(3,4)13/h7H,5-6,8,13H2,1-4H3,(H,14,15,16). The molecule has 5 heteroatoms. The van der Waals surface area contributed by atoms with Crippen LogP contribution in [0.4, 0.5) is 5.95 Å². The van der Waals surface area contributed by atoms with Gasteiger partial charge in [0.15, 0.2) is 0 Å². The van der Waals surface area contributed by atoms with E-state index >= 15 is 0 Å². The van der Waals surface area contributed by atoms with E-state index in [1.165, 1.54) is 0 Å². The maximum atomic E-state index is 5.89. The molecule has 0 atom stereocenters. The molecule has 0 fully saturated rings. The zero-order chi connectivity index (χ0) is 12.9. The lowest BCUT2D eigenvalue weighted by Crippen LogP contribution is -2.40. The number of nitrogens with two attached hydrogens (primary N) is 1. The fourth-order valence-corrected chi connectivity index (χ4v) is 1.21. The summed E-state index contributed by atoms with van der Waals surface area (Å²) < 4.78 is 5.49. The van der Waals surface area contributed by atoms with Gasteiger partial charge in [-0.25, -0.2) is 4.98 Å². The van der Waals surface area contributed by atoms with Crippen LogP contribution >= 0.6 is 0 Å². The third-order valence-electron chi connectivity index (χ3n) is 1.99. The van der Waals surface area contributed by atoms with E-state index in [0.717, 1.165) is 12.1 Å². The highest BCUT2D eigenvalue weighted by atomic mass is 16.5. The van der Waals surface area contributed by atoms with E-state index in [1.807, 2.05) is 26.8 Å². The van der Waals surface area contributed by atoms with E-state index in [0.29, 0.717) is 25.0 Å². The van der Waals surface area contributed by atoms with Gasteiger partial charge in [-0.3, -0.25) is 0 Å². The number of ether oxygens (including phenoxy) is 1. The Bertz CT molecular complexity index is 360. The second kappa shape index (κ2) is 5.82. The maximum Gasteiger partial charge on any atom is 0.226 e. The normalized spacial score (nSPS) is 11.4. The van der Waals surface area contributed by atoms with Crippen molar-refractivity contribution >= 4 is 5.95 Å². The topological polar surface area (TPSA) is 73.1 Å². The van der Waals surface area contributed by atoms with Crippen molar-refractivity contribution < 1.29 is 4.74 Å². The van der Waals surface area contributed by atoms with E-state index in [2.05, 4.69) is 22.2 Å². The molecular weight excluding hydrogens is 216 g/mol. The summed E-state index contributed by atoms with van der Waals surface area (Å²) in [6, 6.07) is 1.83. The minimum atomic E-state index is -0.294. The van der Waals surface area contributed by atoms with Crippen molar-refractivity contribution in [3.05, 3.63) is 11.8 Å². The quantitative estimate of drug-likeness (QED) is 0.789.